The van der Waals surface area contributed by atoms with E-state index in [1.807, 2.05) is 0 Å². The van der Waals surface area contributed by atoms with Crippen LogP contribution in [0.15, 0.2) is 53.0 Å². The van der Waals surface area contributed by atoms with E-state index in [1.54, 1.807) is 49.4 Å². The second-order valence-corrected chi connectivity index (χ2v) is 8.39. The van der Waals surface area contributed by atoms with Gasteiger partial charge >= 0.3 is 5.97 Å². The van der Waals surface area contributed by atoms with Crippen LogP contribution in [0.4, 0.5) is 11.4 Å². The molecule has 0 unspecified atom stereocenters. The maximum absolute atomic E-state index is 12.5. The molecule has 0 aliphatic rings. The molecule has 2 rings (SSSR count). The molecule has 1 N–H and O–H groups in total. The molecule has 1 amide bonds. The first-order valence-corrected chi connectivity index (χ1v) is 10.7. The molecule has 2 aromatic carbocycles. The molecule has 144 valence electrons. The van der Waals surface area contributed by atoms with Gasteiger partial charge in [0.1, 0.15) is 6.54 Å². The number of para-hydroxylation sites is 1. The summed E-state index contributed by atoms with van der Waals surface area (Å²) in [6, 6.07) is 13.0. The Bertz CT molecular complexity index is 946. The highest BCUT2D eigenvalue weighted by Crippen LogP contribution is 2.22. The number of ether oxygens (including phenoxy) is 1. The zero-order valence-electron chi connectivity index (χ0n) is 14.8. The van der Waals surface area contributed by atoms with Gasteiger partial charge in [-0.1, -0.05) is 34.1 Å². The third kappa shape index (κ3) is 5.80. The molecule has 9 heteroatoms. The lowest BCUT2D eigenvalue weighted by molar-refractivity contribution is -0.114. The first-order valence-electron chi connectivity index (χ1n) is 8.01. The summed E-state index contributed by atoms with van der Waals surface area (Å²) in [7, 11) is -3.70. The Morgan fingerprint density at radius 2 is 1.85 bits per heavy atom. The van der Waals surface area contributed by atoms with Crippen molar-refractivity contribution in [1.29, 1.82) is 0 Å². The van der Waals surface area contributed by atoms with Gasteiger partial charge in [0.05, 0.1) is 29.8 Å². The molecule has 0 atom stereocenters. The van der Waals surface area contributed by atoms with E-state index in [0.717, 1.165) is 10.6 Å². The SMILES string of the molecule is CCOC(=O)c1ccccc1NC(=O)CN(c1cccc(Br)c1)S(C)(=O)=O. The molecule has 0 bridgehead atoms. The van der Waals surface area contributed by atoms with Gasteiger partial charge in [-0.25, -0.2) is 13.2 Å². The van der Waals surface area contributed by atoms with Gasteiger partial charge in [0, 0.05) is 4.47 Å². The predicted molar refractivity (Wildman–Crippen MR) is 107 cm³/mol. The maximum atomic E-state index is 12.5. The molecule has 0 spiro atoms. The van der Waals surface area contributed by atoms with Crippen LogP contribution in [0.25, 0.3) is 0 Å². The lowest BCUT2D eigenvalue weighted by Crippen LogP contribution is -2.37. The van der Waals surface area contributed by atoms with Crippen LogP contribution in [0.5, 0.6) is 0 Å². The van der Waals surface area contributed by atoms with Gasteiger partial charge in [-0.15, -0.1) is 0 Å². The molecule has 2 aromatic rings. The van der Waals surface area contributed by atoms with Gasteiger partial charge in [0.25, 0.3) is 0 Å². The minimum Gasteiger partial charge on any atom is -0.462 e. The molecule has 7 nitrogen and oxygen atoms in total. The quantitative estimate of drug-likeness (QED) is 0.648. The number of hydrogen-bond donors (Lipinski definition) is 1. The average Bonchev–Trinajstić information content (AvgIpc) is 2.59. The first-order chi connectivity index (χ1) is 12.7. The summed E-state index contributed by atoms with van der Waals surface area (Å²) < 4.78 is 30.9. The second kappa shape index (κ2) is 9.01. The summed E-state index contributed by atoms with van der Waals surface area (Å²) in [5.41, 5.74) is 0.797. The molecular formula is C18H19BrN2O5S. The molecule has 27 heavy (non-hydrogen) atoms. The van der Waals surface area contributed by atoms with Gasteiger partial charge in [0.15, 0.2) is 0 Å². The van der Waals surface area contributed by atoms with Crippen LogP contribution >= 0.6 is 15.9 Å². The van der Waals surface area contributed by atoms with E-state index in [4.69, 9.17) is 4.74 Å². The van der Waals surface area contributed by atoms with Crippen LogP contribution in [-0.4, -0.2) is 39.7 Å². The fraction of sp³-hybridized carbons (Fsp3) is 0.222. The Hall–Kier alpha value is -2.39. The fourth-order valence-corrected chi connectivity index (χ4v) is 3.57. The number of halogens is 1. The minimum atomic E-state index is -3.70. The molecule has 0 aliphatic heterocycles. The lowest BCUT2D eigenvalue weighted by atomic mass is 10.2. The fourth-order valence-electron chi connectivity index (χ4n) is 2.33. The normalized spacial score (nSPS) is 10.9. The van der Waals surface area contributed by atoms with Crippen LogP contribution in [0.3, 0.4) is 0 Å². The molecule has 0 heterocycles. The van der Waals surface area contributed by atoms with Gasteiger partial charge in [-0.2, -0.15) is 0 Å². The Balaban J connectivity index is 2.24. The standard InChI is InChI=1S/C18H19BrN2O5S/c1-3-26-18(23)15-9-4-5-10-16(15)20-17(22)12-21(27(2,24)25)14-8-6-7-13(19)11-14/h4-11H,3,12H2,1-2H3,(H,20,22). The Morgan fingerprint density at radius 1 is 1.15 bits per heavy atom. The van der Waals surface area contributed by atoms with E-state index in [9.17, 15) is 18.0 Å². The highest BCUT2D eigenvalue weighted by Gasteiger charge is 2.22. The first kappa shape index (κ1) is 20.9. The number of nitrogens with zero attached hydrogens (tertiary/aromatic N) is 1. The summed E-state index contributed by atoms with van der Waals surface area (Å²) in [6.07, 6.45) is 1.02. The maximum Gasteiger partial charge on any atom is 0.340 e. The van der Waals surface area contributed by atoms with Crippen molar-refractivity contribution in [2.45, 2.75) is 6.92 Å². The van der Waals surface area contributed by atoms with Gasteiger partial charge in [0.2, 0.25) is 15.9 Å². The zero-order valence-corrected chi connectivity index (χ0v) is 17.2. The number of carbonyl (C=O) groups excluding carboxylic acids is 2. The van der Waals surface area contributed by atoms with E-state index < -0.39 is 28.4 Å². The lowest BCUT2D eigenvalue weighted by Gasteiger charge is -2.22. The highest BCUT2D eigenvalue weighted by molar-refractivity contribution is 9.10. The number of carbonyl (C=O) groups is 2. The third-order valence-electron chi connectivity index (χ3n) is 3.48. The Morgan fingerprint density at radius 3 is 2.48 bits per heavy atom. The van der Waals surface area contributed by atoms with Crippen molar-refractivity contribution in [3.63, 3.8) is 0 Å². The smallest absolute Gasteiger partial charge is 0.340 e. The van der Waals surface area contributed by atoms with Crippen LogP contribution in [0.1, 0.15) is 17.3 Å². The summed E-state index contributed by atoms with van der Waals surface area (Å²) in [5.74, 6) is -1.16. The van der Waals surface area contributed by atoms with Crippen molar-refractivity contribution in [1.82, 2.24) is 0 Å². The number of sulfonamides is 1. The van der Waals surface area contributed by atoms with Gasteiger partial charge < -0.3 is 10.1 Å². The molecule has 0 aromatic heterocycles. The minimum absolute atomic E-state index is 0.195. The second-order valence-electron chi connectivity index (χ2n) is 5.56. The summed E-state index contributed by atoms with van der Waals surface area (Å²) in [6.45, 7) is 1.44. The van der Waals surface area contributed by atoms with Crippen LogP contribution in [-0.2, 0) is 19.6 Å². The van der Waals surface area contributed by atoms with E-state index in [2.05, 4.69) is 21.2 Å². The number of nitrogens with one attached hydrogen (secondary N) is 1. The molecule has 0 saturated carbocycles. The zero-order chi connectivity index (χ0) is 20.0. The molecule has 0 saturated heterocycles. The van der Waals surface area contributed by atoms with E-state index in [1.165, 1.54) is 6.07 Å². The summed E-state index contributed by atoms with van der Waals surface area (Å²) in [5, 5.41) is 2.58. The monoisotopic (exact) mass is 454 g/mol. The van der Waals surface area contributed by atoms with Crippen molar-refractivity contribution in [3.05, 3.63) is 58.6 Å². The molecule has 0 fully saturated rings. The number of anilines is 2. The van der Waals surface area contributed by atoms with Crippen LogP contribution in [0, 0.1) is 0 Å². The third-order valence-corrected chi connectivity index (χ3v) is 5.11. The largest absolute Gasteiger partial charge is 0.462 e. The van der Waals surface area contributed by atoms with Crippen LogP contribution in [0.2, 0.25) is 0 Å². The average molecular weight is 455 g/mol. The van der Waals surface area contributed by atoms with E-state index in [0.29, 0.717) is 10.2 Å². The number of hydrogen-bond acceptors (Lipinski definition) is 5. The van der Waals surface area contributed by atoms with Crippen molar-refractivity contribution in [3.8, 4) is 0 Å². The molecule has 0 radical (unpaired) electrons. The predicted octanol–water partition coefficient (Wildman–Crippen LogP) is 3.03. The van der Waals surface area contributed by atoms with Crippen molar-refractivity contribution in [2.24, 2.45) is 0 Å². The van der Waals surface area contributed by atoms with Crippen LogP contribution < -0.4 is 9.62 Å². The molecule has 0 aliphatic carbocycles. The molecular weight excluding hydrogens is 436 g/mol. The van der Waals surface area contributed by atoms with E-state index in [-0.39, 0.29) is 17.9 Å². The number of amides is 1. The Kier molecular flexibility index (Phi) is 6.98. The number of rotatable bonds is 7. The van der Waals surface area contributed by atoms with Crippen molar-refractivity contribution < 1.29 is 22.7 Å². The van der Waals surface area contributed by atoms with Gasteiger partial charge in [-0.3, -0.25) is 9.10 Å². The summed E-state index contributed by atoms with van der Waals surface area (Å²) in [4.78, 5) is 24.5. The van der Waals surface area contributed by atoms with Gasteiger partial charge in [-0.05, 0) is 37.3 Å². The number of esters is 1. The van der Waals surface area contributed by atoms with Crippen molar-refractivity contribution >= 4 is 49.2 Å². The van der Waals surface area contributed by atoms with Crippen molar-refractivity contribution in [2.75, 3.05) is 29.0 Å². The summed E-state index contributed by atoms with van der Waals surface area (Å²) >= 11 is 3.28. The number of benzene rings is 2. The van der Waals surface area contributed by atoms with E-state index >= 15 is 0 Å². The Labute approximate surface area is 166 Å². The highest BCUT2D eigenvalue weighted by atomic mass is 79.9. The topological polar surface area (TPSA) is 92.8 Å².